The third kappa shape index (κ3) is 3.62. The molecule has 0 fully saturated rings. The summed E-state index contributed by atoms with van der Waals surface area (Å²) in [5.74, 6) is -0.0216. The minimum Gasteiger partial charge on any atom is -0.395 e. The molecule has 0 saturated carbocycles. The van der Waals surface area contributed by atoms with Gasteiger partial charge in [-0.3, -0.25) is 4.79 Å². The summed E-state index contributed by atoms with van der Waals surface area (Å²) in [5, 5.41) is 8.88. The van der Waals surface area contributed by atoms with Gasteiger partial charge < -0.3 is 5.11 Å². The molecule has 106 valence electrons. The van der Waals surface area contributed by atoms with Crippen molar-refractivity contribution in [2.24, 2.45) is 0 Å². The Morgan fingerprint density at radius 3 is 2.21 bits per heavy atom. The van der Waals surface area contributed by atoms with Gasteiger partial charge in [0.05, 0.1) is 11.5 Å². The molecule has 0 spiro atoms. The van der Waals surface area contributed by atoms with E-state index in [4.69, 9.17) is 5.11 Å². The largest absolute Gasteiger partial charge is 0.395 e. The number of Topliss-reactive ketones (excluding diaryl/α,β-unsaturated/α-hetero) is 1. The fourth-order valence-electron chi connectivity index (χ4n) is 1.73. The number of rotatable bonds is 7. The minimum absolute atomic E-state index is 0.0216. The third-order valence-electron chi connectivity index (χ3n) is 2.84. The molecule has 0 aromatic heterocycles. The zero-order valence-corrected chi connectivity index (χ0v) is 12.0. The Morgan fingerprint density at radius 1 is 1.21 bits per heavy atom. The van der Waals surface area contributed by atoms with E-state index in [0.29, 0.717) is 18.5 Å². The Kier molecular flexibility index (Phi) is 5.65. The van der Waals surface area contributed by atoms with Gasteiger partial charge in [-0.2, -0.15) is 4.31 Å². The molecule has 0 unspecified atom stereocenters. The lowest BCUT2D eigenvalue weighted by molar-refractivity contribution is 0.0988. The summed E-state index contributed by atoms with van der Waals surface area (Å²) in [6.07, 6.45) is 0.387. The molecular formula is C13H19NO4S. The Hall–Kier alpha value is -1.24. The highest BCUT2D eigenvalue weighted by molar-refractivity contribution is 7.89. The van der Waals surface area contributed by atoms with Crippen LogP contribution in [0.25, 0.3) is 0 Å². The van der Waals surface area contributed by atoms with Gasteiger partial charge in [-0.05, 0) is 12.1 Å². The maximum absolute atomic E-state index is 12.2. The van der Waals surface area contributed by atoms with Crippen LogP contribution >= 0.6 is 0 Å². The van der Waals surface area contributed by atoms with E-state index in [0.717, 1.165) is 0 Å². The zero-order valence-electron chi connectivity index (χ0n) is 11.2. The first-order chi connectivity index (χ1) is 8.97. The van der Waals surface area contributed by atoms with E-state index in [1.54, 1.807) is 13.8 Å². The Morgan fingerprint density at radius 2 is 1.79 bits per heavy atom. The van der Waals surface area contributed by atoms with Gasteiger partial charge in [-0.1, -0.05) is 26.0 Å². The molecule has 1 rings (SSSR count). The smallest absolute Gasteiger partial charge is 0.243 e. The quantitative estimate of drug-likeness (QED) is 0.766. The van der Waals surface area contributed by atoms with E-state index in [2.05, 4.69) is 0 Å². The van der Waals surface area contributed by atoms with Crippen molar-refractivity contribution >= 4 is 15.8 Å². The lowest BCUT2D eigenvalue weighted by atomic mass is 10.1. The van der Waals surface area contributed by atoms with Crippen LogP contribution in [0.5, 0.6) is 0 Å². The molecule has 1 N–H and O–H groups in total. The predicted molar refractivity (Wildman–Crippen MR) is 72.6 cm³/mol. The number of carbonyl (C=O) groups is 1. The zero-order chi connectivity index (χ0) is 14.5. The Balaban J connectivity index is 3.05. The van der Waals surface area contributed by atoms with Crippen LogP contribution in [0.2, 0.25) is 0 Å². The summed E-state index contributed by atoms with van der Waals surface area (Å²) in [4.78, 5) is 11.6. The van der Waals surface area contributed by atoms with Crippen molar-refractivity contribution in [2.75, 3.05) is 19.7 Å². The van der Waals surface area contributed by atoms with Crippen LogP contribution in [0.4, 0.5) is 0 Å². The highest BCUT2D eigenvalue weighted by Gasteiger charge is 2.22. The fourth-order valence-corrected chi connectivity index (χ4v) is 3.17. The van der Waals surface area contributed by atoms with Crippen LogP contribution in [-0.4, -0.2) is 43.3 Å². The normalized spacial score (nSPS) is 11.8. The summed E-state index contributed by atoms with van der Waals surface area (Å²) >= 11 is 0. The van der Waals surface area contributed by atoms with Crippen LogP contribution in [0.3, 0.4) is 0 Å². The van der Waals surface area contributed by atoms with E-state index in [1.165, 1.54) is 28.6 Å². The van der Waals surface area contributed by atoms with E-state index >= 15 is 0 Å². The number of hydrogen-bond acceptors (Lipinski definition) is 4. The Labute approximate surface area is 113 Å². The van der Waals surface area contributed by atoms with Gasteiger partial charge in [0.25, 0.3) is 0 Å². The van der Waals surface area contributed by atoms with Gasteiger partial charge in [0.1, 0.15) is 0 Å². The van der Waals surface area contributed by atoms with E-state index in [1.807, 2.05) is 0 Å². The predicted octanol–water partition coefficient (Wildman–Crippen LogP) is 1.28. The van der Waals surface area contributed by atoms with Crippen molar-refractivity contribution in [2.45, 2.75) is 25.2 Å². The third-order valence-corrected chi connectivity index (χ3v) is 4.83. The Bertz CT molecular complexity index is 522. The average Bonchev–Trinajstić information content (AvgIpc) is 2.43. The first kappa shape index (κ1) is 15.8. The molecule has 0 atom stereocenters. The summed E-state index contributed by atoms with van der Waals surface area (Å²) in [5.41, 5.74) is 0.506. The lowest BCUT2D eigenvalue weighted by Crippen LogP contribution is -2.33. The number of benzene rings is 1. The standard InChI is InChI=1S/C13H19NO4S/c1-3-13(16)11-5-7-12(8-6-11)19(17,18)14(4-2)9-10-15/h5-8,15H,3-4,9-10H2,1-2H3. The minimum atomic E-state index is -3.60. The summed E-state index contributed by atoms with van der Waals surface area (Å²) in [6, 6.07) is 5.90. The van der Waals surface area contributed by atoms with E-state index in [-0.39, 0.29) is 23.8 Å². The second-order valence-corrected chi connectivity index (χ2v) is 5.96. The van der Waals surface area contributed by atoms with Gasteiger partial charge >= 0.3 is 0 Å². The molecule has 0 saturated heterocycles. The monoisotopic (exact) mass is 285 g/mol. The SMILES string of the molecule is CCC(=O)c1ccc(S(=O)(=O)N(CC)CCO)cc1. The second kappa shape index (κ2) is 6.79. The molecule has 0 aliphatic rings. The summed E-state index contributed by atoms with van der Waals surface area (Å²) in [7, 11) is -3.60. The van der Waals surface area contributed by atoms with Crippen LogP contribution < -0.4 is 0 Å². The molecule has 0 amide bonds. The molecule has 0 radical (unpaired) electrons. The first-order valence-corrected chi connectivity index (χ1v) is 7.65. The van der Waals surface area contributed by atoms with Crippen LogP contribution in [-0.2, 0) is 10.0 Å². The molecule has 6 heteroatoms. The van der Waals surface area contributed by atoms with Crippen LogP contribution in [0, 0.1) is 0 Å². The summed E-state index contributed by atoms with van der Waals surface area (Å²) in [6.45, 7) is 3.60. The van der Waals surface area contributed by atoms with Gasteiger partial charge in [0.15, 0.2) is 5.78 Å². The number of likely N-dealkylation sites (N-methyl/N-ethyl adjacent to an activating group) is 1. The van der Waals surface area contributed by atoms with Crippen molar-refractivity contribution in [3.8, 4) is 0 Å². The molecule has 19 heavy (non-hydrogen) atoms. The van der Waals surface area contributed by atoms with Gasteiger partial charge in [-0.15, -0.1) is 0 Å². The van der Waals surface area contributed by atoms with Crippen molar-refractivity contribution in [1.29, 1.82) is 0 Å². The topological polar surface area (TPSA) is 74.7 Å². The molecule has 0 bridgehead atoms. The second-order valence-electron chi connectivity index (χ2n) is 4.02. The van der Waals surface area contributed by atoms with Crippen molar-refractivity contribution in [3.05, 3.63) is 29.8 Å². The molecular weight excluding hydrogens is 266 g/mol. The van der Waals surface area contributed by atoms with Crippen molar-refractivity contribution in [1.82, 2.24) is 4.31 Å². The molecule has 0 heterocycles. The number of carbonyl (C=O) groups excluding carboxylic acids is 1. The highest BCUT2D eigenvalue weighted by Crippen LogP contribution is 2.16. The number of sulfonamides is 1. The lowest BCUT2D eigenvalue weighted by Gasteiger charge is -2.19. The van der Waals surface area contributed by atoms with Crippen LogP contribution in [0.1, 0.15) is 30.6 Å². The van der Waals surface area contributed by atoms with Crippen molar-refractivity contribution in [3.63, 3.8) is 0 Å². The average molecular weight is 285 g/mol. The number of aliphatic hydroxyl groups is 1. The molecule has 1 aromatic carbocycles. The highest BCUT2D eigenvalue weighted by atomic mass is 32.2. The number of hydrogen-bond donors (Lipinski definition) is 1. The number of nitrogens with zero attached hydrogens (tertiary/aromatic N) is 1. The molecule has 0 aliphatic heterocycles. The van der Waals surface area contributed by atoms with Gasteiger partial charge in [-0.25, -0.2) is 8.42 Å². The maximum Gasteiger partial charge on any atom is 0.243 e. The fraction of sp³-hybridized carbons (Fsp3) is 0.462. The molecule has 0 aliphatic carbocycles. The van der Waals surface area contributed by atoms with E-state index in [9.17, 15) is 13.2 Å². The van der Waals surface area contributed by atoms with Crippen LogP contribution in [0.15, 0.2) is 29.2 Å². The van der Waals surface area contributed by atoms with Crippen molar-refractivity contribution < 1.29 is 18.3 Å². The number of aliphatic hydroxyl groups excluding tert-OH is 1. The maximum atomic E-state index is 12.2. The summed E-state index contributed by atoms with van der Waals surface area (Å²) < 4.78 is 25.7. The van der Waals surface area contributed by atoms with Gasteiger partial charge in [0, 0.05) is 25.1 Å². The molecule has 1 aromatic rings. The van der Waals surface area contributed by atoms with E-state index < -0.39 is 10.0 Å². The number of ketones is 1. The first-order valence-electron chi connectivity index (χ1n) is 6.21. The molecule has 5 nitrogen and oxygen atoms in total. The van der Waals surface area contributed by atoms with Gasteiger partial charge in [0.2, 0.25) is 10.0 Å².